The summed E-state index contributed by atoms with van der Waals surface area (Å²) in [7, 11) is 0. The molecule has 10 nitrogen and oxygen atoms in total. The molecule has 0 radical (unpaired) electrons. The van der Waals surface area contributed by atoms with Gasteiger partial charge in [0.05, 0.1) is 10.7 Å². The molecule has 1 fully saturated rings. The van der Waals surface area contributed by atoms with Gasteiger partial charge in [-0.1, -0.05) is 11.6 Å². The first kappa shape index (κ1) is 19.4. The fourth-order valence-corrected chi connectivity index (χ4v) is 4.21. The molecule has 1 aliphatic rings. The number of pyridine rings is 2. The maximum Gasteiger partial charge on any atom is 0.219 e. The zero-order chi connectivity index (χ0) is 21.5. The molecule has 0 aliphatic carbocycles. The van der Waals surface area contributed by atoms with Gasteiger partial charge in [0.25, 0.3) is 0 Å². The van der Waals surface area contributed by atoms with Crippen molar-refractivity contribution < 1.29 is 4.79 Å². The van der Waals surface area contributed by atoms with Crippen molar-refractivity contribution in [3.63, 3.8) is 0 Å². The number of hydrogen-bond acceptors (Lipinski definition) is 7. The number of carbonyl (C=O) groups excluding carboxylic acids is 1. The molecule has 158 valence electrons. The average Bonchev–Trinajstić information content (AvgIpc) is 3.43. The Labute approximate surface area is 182 Å². The van der Waals surface area contributed by atoms with Crippen LogP contribution in [0.25, 0.3) is 33.7 Å². The number of nitrogens with one attached hydrogen (secondary N) is 2. The molecule has 0 aromatic carbocycles. The molecule has 11 heteroatoms. The smallest absolute Gasteiger partial charge is 0.219 e. The minimum atomic E-state index is 0.0847. The highest BCUT2D eigenvalue weighted by atomic mass is 35.5. The highest BCUT2D eigenvalue weighted by Gasteiger charge is 2.27. The second kappa shape index (κ2) is 7.62. The lowest BCUT2D eigenvalue weighted by Crippen LogP contribution is -2.53. The largest absolute Gasteiger partial charge is 0.353 e. The van der Waals surface area contributed by atoms with Gasteiger partial charge in [0.1, 0.15) is 11.5 Å². The Hall–Kier alpha value is -3.53. The van der Waals surface area contributed by atoms with Crippen LogP contribution in [-0.2, 0) is 4.79 Å². The second-order valence-corrected chi connectivity index (χ2v) is 8.03. The van der Waals surface area contributed by atoms with Crippen LogP contribution in [0.4, 0.5) is 5.82 Å². The molecule has 0 spiro atoms. The Morgan fingerprint density at radius 3 is 2.87 bits per heavy atom. The quantitative estimate of drug-likeness (QED) is 0.505. The highest BCUT2D eigenvalue weighted by Crippen LogP contribution is 2.33. The van der Waals surface area contributed by atoms with Crippen molar-refractivity contribution in [3.8, 4) is 22.6 Å². The van der Waals surface area contributed by atoms with Crippen molar-refractivity contribution in [1.82, 2.24) is 40.5 Å². The number of aromatic amines is 2. The SMILES string of the molecule is CC(=O)N1CCN(c2cc(-c3nn[nH]n3)cc(-c3c[nH]c4ncc(Cl)cc34)n2)C[C@@H]1C. The Morgan fingerprint density at radius 1 is 1.26 bits per heavy atom. The van der Waals surface area contributed by atoms with E-state index in [-0.39, 0.29) is 11.9 Å². The molecule has 1 atom stereocenters. The number of halogens is 1. The van der Waals surface area contributed by atoms with Crippen LogP contribution in [-0.4, -0.2) is 72.1 Å². The van der Waals surface area contributed by atoms with Crippen molar-refractivity contribution in [2.75, 3.05) is 24.5 Å². The summed E-state index contributed by atoms with van der Waals surface area (Å²) < 4.78 is 0. The summed E-state index contributed by atoms with van der Waals surface area (Å²) in [5.74, 6) is 1.36. The molecule has 5 rings (SSSR count). The van der Waals surface area contributed by atoms with Crippen LogP contribution >= 0.6 is 11.6 Å². The minimum absolute atomic E-state index is 0.0847. The third-order valence-electron chi connectivity index (χ3n) is 5.54. The molecule has 0 bridgehead atoms. The van der Waals surface area contributed by atoms with E-state index >= 15 is 0 Å². The maximum absolute atomic E-state index is 11.9. The maximum atomic E-state index is 11.9. The van der Waals surface area contributed by atoms with Gasteiger partial charge in [-0.3, -0.25) is 4.79 Å². The molecule has 4 aromatic rings. The van der Waals surface area contributed by atoms with Gasteiger partial charge in [-0.05, 0) is 30.3 Å². The topological polar surface area (TPSA) is 120 Å². The van der Waals surface area contributed by atoms with Crippen LogP contribution in [0.3, 0.4) is 0 Å². The van der Waals surface area contributed by atoms with Gasteiger partial charge in [0.15, 0.2) is 0 Å². The summed E-state index contributed by atoms with van der Waals surface area (Å²) in [4.78, 5) is 28.4. The van der Waals surface area contributed by atoms with E-state index in [0.717, 1.165) is 33.7 Å². The number of carbonyl (C=O) groups is 1. The fourth-order valence-electron chi connectivity index (χ4n) is 4.05. The molecule has 5 heterocycles. The fraction of sp³-hybridized carbons (Fsp3) is 0.300. The molecular weight excluding hydrogens is 418 g/mol. The molecule has 1 amide bonds. The van der Waals surface area contributed by atoms with Crippen molar-refractivity contribution in [3.05, 3.63) is 35.6 Å². The molecule has 1 saturated heterocycles. The van der Waals surface area contributed by atoms with E-state index in [1.807, 2.05) is 36.2 Å². The molecule has 31 heavy (non-hydrogen) atoms. The summed E-state index contributed by atoms with van der Waals surface area (Å²) in [5, 5.41) is 15.9. The number of rotatable bonds is 3. The van der Waals surface area contributed by atoms with Crippen LogP contribution in [0.2, 0.25) is 5.02 Å². The Balaban J connectivity index is 1.60. The summed E-state index contributed by atoms with van der Waals surface area (Å²) in [6, 6.07) is 5.82. The van der Waals surface area contributed by atoms with Crippen molar-refractivity contribution in [1.29, 1.82) is 0 Å². The van der Waals surface area contributed by atoms with Crippen LogP contribution in [0.1, 0.15) is 13.8 Å². The van der Waals surface area contributed by atoms with Crippen molar-refractivity contribution in [2.24, 2.45) is 0 Å². The summed E-state index contributed by atoms with van der Waals surface area (Å²) >= 11 is 6.19. The number of fused-ring (bicyclic) bond motifs is 1. The lowest BCUT2D eigenvalue weighted by Gasteiger charge is -2.40. The van der Waals surface area contributed by atoms with E-state index in [1.54, 1.807) is 13.1 Å². The molecule has 1 aliphatic heterocycles. The number of hydrogen-bond donors (Lipinski definition) is 2. The van der Waals surface area contributed by atoms with E-state index < -0.39 is 0 Å². The summed E-state index contributed by atoms with van der Waals surface area (Å²) in [6.45, 7) is 5.67. The molecular formula is C20H20ClN9O. The Kier molecular flexibility index (Phi) is 4.78. The number of nitrogens with zero attached hydrogens (tertiary/aromatic N) is 7. The number of anilines is 1. The number of H-pyrrole nitrogens is 2. The number of piperazine rings is 1. The number of tetrazole rings is 1. The normalized spacial score (nSPS) is 16.8. The number of amides is 1. The lowest BCUT2D eigenvalue weighted by atomic mass is 10.1. The number of aromatic nitrogens is 7. The summed E-state index contributed by atoms with van der Waals surface area (Å²) in [6.07, 6.45) is 3.48. The molecule has 2 N–H and O–H groups in total. The Bertz CT molecular complexity index is 1250. The predicted octanol–water partition coefficient (Wildman–Crippen LogP) is 2.52. The van der Waals surface area contributed by atoms with Gasteiger partial charge in [-0.2, -0.15) is 5.21 Å². The second-order valence-electron chi connectivity index (χ2n) is 7.59. The van der Waals surface area contributed by atoms with Gasteiger partial charge in [-0.25, -0.2) is 9.97 Å². The molecule has 4 aromatic heterocycles. The lowest BCUT2D eigenvalue weighted by molar-refractivity contribution is -0.131. The zero-order valence-corrected chi connectivity index (χ0v) is 17.8. The van der Waals surface area contributed by atoms with E-state index in [0.29, 0.717) is 30.5 Å². The van der Waals surface area contributed by atoms with Gasteiger partial charge >= 0.3 is 0 Å². The highest BCUT2D eigenvalue weighted by molar-refractivity contribution is 6.31. The zero-order valence-electron chi connectivity index (χ0n) is 17.0. The Morgan fingerprint density at radius 2 is 2.13 bits per heavy atom. The minimum Gasteiger partial charge on any atom is -0.353 e. The third-order valence-corrected chi connectivity index (χ3v) is 5.75. The predicted molar refractivity (Wildman–Crippen MR) is 117 cm³/mol. The van der Waals surface area contributed by atoms with Gasteiger partial charge in [-0.15, -0.1) is 10.2 Å². The van der Waals surface area contributed by atoms with Gasteiger partial charge < -0.3 is 14.8 Å². The van der Waals surface area contributed by atoms with Crippen LogP contribution in [0.15, 0.2) is 30.6 Å². The van der Waals surface area contributed by atoms with Crippen molar-refractivity contribution in [2.45, 2.75) is 19.9 Å². The third kappa shape index (κ3) is 3.59. The molecule has 0 unspecified atom stereocenters. The van der Waals surface area contributed by atoms with Gasteiger partial charge in [0.2, 0.25) is 11.7 Å². The summed E-state index contributed by atoms with van der Waals surface area (Å²) in [5.41, 5.74) is 3.15. The van der Waals surface area contributed by atoms with E-state index in [1.165, 1.54) is 0 Å². The van der Waals surface area contributed by atoms with E-state index in [4.69, 9.17) is 16.6 Å². The molecule has 0 saturated carbocycles. The first-order chi connectivity index (χ1) is 15.0. The van der Waals surface area contributed by atoms with E-state index in [2.05, 4.69) is 35.5 Å². The van der Waals surface area contributed by atoms with Crippen LogP contribution in [0.5, 0.6) is 0 Å². The van der Waals surface area contributed by atoms with Crippen LogP contribution < -0.4 is 4.90 Å². The average molecular weight is 438 g/mol. The standard InChI is InChI=1S/C20H20ClN9O/c1-11-10-29(3-4-30(11)12(2)31)18-6-13(19-25-27-28-26-19)5-17(24-18)16-9-23-20-15(16)7-14(21)8-22-20/h5-9,11H,3-4,10H2,1-2H3,(H,22,23)(H,25,26,27,28)/t11-/m0/s1. The monoisotopic (exact) mass is 437 g/mol. The first-order valence-corrected chi connectivity index (χ1v) is 10.3. The first-order valence-electron chi connectivity index (χ1n) is 9.90. The van der Waals surface area contributed by atoms with Gasteiger partial charge in [0, 0.05) is 61.5 Å². The van der Waals surface area contributed by atoms with E-state index in [9.17, 15) is 4.79 Å². The van der Waals surface area contributed by atoms with Crippen LogP contribution in [0, 0.1) is 0 Å². The van der Waals surface area contributed by atoms with Crippen molar-refractivity contribution >= 4 is 34.4 Å².